The first-order valence-corrected chi connectivity index (χ1v) is 8.17. The molecule has 1 aliphatic carbocycles. The van der Waals surface area contributed by atoms with Crippen LogP contribution in [0.3, 0.4) is 0 Å². The van der Waals surface area contributed by atoms with Crippen LogP contribution in [-0.2, 0) is 0 Å². The zero-order chi connectivity index (χ0) is 15.1. The van der Waals surface area contributed by atoms with E-state index in [-0.39, 0.29) is 5.91 Å². The molecule has 1 saturated carbocycles. The molecule has 1 fully saturated rings. The molecule has 0 aromatic carbocycles. The van der Waals surface area contributed by atoms with Crippen LogP contribution < -0.4 is 10.6 Å². The summed E-state index contributed by atoms with van der Waals surface area (Å²) in [5.41, 5.74) is 1.44. The van der Waals surface area contributed by atoms with Gasteiger partial charge in [0.25, 0.3) is 5.91 Å². The van der Waals surface area contributed by atoms with Gasteiger partial charge < -0.3 is 10.6 Å². The predicted molar refractivity (Wildman–Crippen MR) is 86.5 cm³/mol. The van der Waals surface area contributed by atoms with Gasteiger partial charge in [0.15, 0.2) is 0 Å². The highest BCUT2D eigenvalue weighted by molar-refractivity contribution is 5.92. The van der Waals surface area contributed by atoms with E-state index < -0.39 is 0 Å². The molecule has 0 atom stereocenters. The molecule has 2 rings (SSSR count). The summed E-state index contributed by atoms with van der Waals surface area (Å²) in [6, 6.07) is 3.67. The molecule has 0 spiro atoms. The third-order valence-electron chi connectivity index (χ3n) is 4.35. The first-order chi connectivity index (χ1) is 10.2. The normalized spacial score (nSPS) is 21.8. The lowest BCUT2D eigenvalue weighted by atomic mass is 9.81. The minimum Gasteiger partial charge on any atom is -0.384 e. The number of amides is 1. The lowest BCUT2D eigenvalue weighted by Gasteiger charge is -2.26. The van der Waals surface area contributed by atoms with Crippen molar-refractivity contribution in [1.29, 1.82) is 0 Å². The number of aromatic nitrogens is 1. The summed E-state index contributed by atoms with van der Waals surface area (Å²) in [4.78, 5) is 16.2. The highest BCUT2D eigenvalue weighted by atomic mass is 16.1. The number of anilines is 1. The molecule has 0 aliphatic heterocycles. The first-order valence-electron chi connectivity index (χ1n) is 8.17. The zero-order valence-electron chi connectivity index (χ0n) is 13.2. The standard InChI is InChI=1S/C17H27N3O/c1-3-18-15-8-9-16(20-12-15)17(21)19-11-10-14-6-4-13(2)5-7-14/h8-9,12-14,18H,3-7,10-11H2,1-2H3,(H,19,21). The van der Waals surface area contributed by atoms with Crippen LogP contribution in [0.15, 0.2) is 18.3 Å². The summed E-state index contributed by atoms with van der Waals surface area (Å²) < 4.78 is 0. The van der Waals surface area contributed by atoms with Crippen molar-refractivity contribution in [2.45, 2.75) is 46.0 Å². The minimum absolute atomic E-state index is 0.0674. The van der Waals surface area contributed by atoms with Gasteiger partial charge in [-0.05, 0) is 37.3 Å². The molecule has 1 amide bonds. The number of carbonyl (C=O) groups excluding carboxylic acids is 1. The molecule has 1 heterocycles. The Labute approximate surface area is 127 Å². The fourth-order valence-electron chi connectivity index (χ4n) is 2.94. The van der Waals surface area contributed by atoms with Gasteiger partial charge in [-0.3, -0.25) is 4.79 Å². The van der Waals surface area contributed by atoms with Gasteiger partial charge in [-0.15, -0.1) is 0 Å². The monoisotopic (exact) mass is 289 g/mol. The second-order valence-corrected chi connectivity index (χ2v) is 6.13. The average molecular weight is 289 g/mol. The van der Waals surface area contributed by atoms with Crippen molar-refractivity contribution in [3.05, 3.63) is 24.0 Å². The Hall–Kier alpha value is -1.58. The highest BCUT2D eigenvalue weighted by Gasteiger charge is 2.18. The van der Waals surface area contributed by atoms with E-state index in [1.165, 1.54) is 25.7 Å². The van der Waals surface area contributed by atoms with Crippen molar-refractivity contribution < 1.29 is 4.79 Å². The highest BCUT2D eigenvalue weighted by Crippen LogP contribution is 2.29. The second kappa shape index (κ2) is 8.01. The van der Waals surface area contributed by atoms with Crippen molar-refractivity contribution in [3.63, 3.8) is 0 Å². The Balaban J connectivity index is 1.71. The molecule has 0 bridgehead atoms. The van der Waals surface area contributed by atoms with Crippen LogP contribution in [0.5, 0.6) is 0 Å². The molecule has 2 N–H and O–H groups in total. The molecule has 1 aromatic rings. The topological polar surface area (TPSA) is 54.0 Å². The molecule has 4 nitrogen and oxygen atoms in total. The van der Waals surface area contributed by atoms with E-state index in [9.17, 15) is 4.79 Å². The van der Waals surface area contributed by atoms with Crippen LogP contribution in [0, 0.1) is 11.8 Å². The maximum absolute atomic E-state index is 12.0. The lowest BCUT2D eigenvalue weighted by Crippen LogP contribution is -2.27. The number of hydrogen-bond donors (Lipinski definition) is 2. The number of pyridine rings is 1. The third kappa shape index (κ3) is 5.03. The van der Waals surface area contributed by atoms with Crippen LogP contribution in [0.1, 0.15) is 56.4 Å². The van der Waals surface area contributed by atoms with Gasteiger partial charge in [0.1, 0.15) is 5.69 Å². The molecule has 21 heavy (non-hydrogen) atoms. The van der Waals surface area contributed by atoms with Gasteiger partial charge in [-0.1, -0.05) is 32.6 Å². The molecule has 4 heteroatoms. The van der Waals surface area contributed by atoms with E-state index in [4.69, 9.17) is 0 Å². The summed E-state index contributed by atoms with van der Waals surface area (Å²) in [6.07, 6.45) is 8.10. The van der Waals surface area contributed by atoms with Crippen LogP contribution in [0.25, 0.3) is 0 Å². The lowest BCUT2D eigenvalue weighted by molar-refractivity contribution is 0.0945. The van der Waals surface area contributed by atoms with Crippen molar-refractivity contribution in [1.82, 2.24) is 10.3 Å². The summed E-state index contributed by atoms with van der Waals surface area (Å²) in [7, 11) is 0. The fraction of sp³-hybridized carbons (Fsp3) is 0.647. The molecule has 116 valence electrons. The zero-order valence-corrected chi connectivity index (χ0v) is 13.2. The summed E-state index contributed by atoms with van der Waals surface area (Å²) in [6.45, 7) is 5.98. The molecule has 1 aliphatic rings. The van der Waals surface area contributed by atoms with E-state index in [0.29, 0.717) is 5.69 Å². The predicted octanol–water partition coefficient (Wildman–Crippen LogP) is 3.46. The summed E-state index contributed by atoms with van der Waals surface area (Å²) in [5.74, 6) is 1.60. The molecule has 0 saturated heterocycles. The number of nitrogens with zero attached hydrogens (tertiary/aromatic N) is 1. The number of carbonyl (C=O) groups is 1. The van der Waals surface area contributed by atoms with Crippen molar-refractivity contribution in [3.8, 4) is 0 Å². The number of rotatable bonds is 6. The van der Waals surface area contributed by atoms with Gasteiger partial charge in [-0.25, -0.2) is 4.98 Å². The molecule has 0 radical (unpaired) electrons. The van der Waals surface area contributed by atoms with Crippen LogP contribution in [0.4, 0.5) is 5.69 Å². The quantitative estimate of drug-likeness (QED) is 0.843. The maximum Gasteiger partial charge on any atom is 0.269 e. The molecular formula is C17H27N3O. The van der Waals surface area contributed by atoms with E-state index in [1.54, 1.807) is 12.3 Å². The molecular weight excluding hydrogens is 262 g/mol. The number of nitrogens with one attached hydrogen (secondary N) is 2. The maximum atomic E-state index is 12.0. The van der Waals surface area contributed by atoms with E-state index >= 15 is 0 Å². The van der Waals surface area contributed by atoms with Gasteiger partial charge >= 0.3 is 0 Å². The Bertz CT molecular complexity index is 436. The van der Waals surface area contributed by atoms with Gasteiger partial charge in [0.05, 0.1) is 11.9 Å². The van der Waals surface area contributed by atoms with Crippen LogP contribution in [0.2, 0.25) is 0 Å². The first kappa shape index (κ1) is 15.8. The third-order valence-corrected chi connectivity index (χ3v) is 4.35. The fourth-order valence-corrected chi connectivity index (χ4v) is 2.94. The Morgan fingerprint density at radius 1 is 1.29 bits per heavy atom. The van der Waals surface area contributed by atoms with Crippen LogP contribution >= 0.6 is 0 Å². The molecule has 0 unspecified atom stereocenters. The SMILES string of the molecule is CCNc1ccc(C(=O)NCCC2CCC(C)CC2)nc1. The number of hydrogen-bond acceptors (Lipinski definition) is 3. The van der Waals surface area contributed by atoms with E-state index in [2.05, 4.69) is 22.5 Å². The van der Waals surface area contributed by atoms with Gasteiger partial charge in [-0.2, -0.15) is 0 Å². The second-order valence-electron chi connectivity index (χ2n) is 6.13. The summed E-state index contributed by atoms with van der Waals surface area (Å²) in [5, 5.41) is 6.16. The summed E-state index contributed by atoms with van der Waals surface area (Å²) >= 11 is 0. The Kier molecular flexibility index (Phi) is 6.03. The van der Waals surface area contributed by atoms with E-state index in [0.717, 1.165) is 37.0 Å². The van der Waals surface area contributed by atoms with Crippen molar-refractivity contribution in [2.24, 2.45) is 11.8 Å². The largest absolute Gasteiger partial charge is 0.384 e. The van der Waals surface area contributed by atoms with Crippen molar-refractivity contribution in [2.75, 3.05) is 18.4 Å². The Morgan fingerprint density at radius 3 is 2.67 bits per heavy atom. The van der Waals surface area contributed by atoms with Crippen molar-refractivity contribution >= 4 is 11.6 Å². The van der Waals surface area contributed by atoms with Crippen LogP contribution in [-0.4, -0.2) is 24.0 Å². The van der Waals surface area contributed by atoms with E-state index in [1.807, 2.05) is 13.0 Å². The Morgan fingerprint density at radius 2 is 2.05 bits per heavy atom. The molecule has 1 aromatic heterocycles. The minimum atomic E-state index is -0.0674. The smallest absolute Gasteiger partial charge is 0.269 e. The van der Waals surface area contributed by atoms with Gasteiger partial charge in [0.2, 0.25) is 0 Å². The average Bonchev–Trinajstić information content (AvgIpc) is 2.50. The van der Waals surface area contributed by atoms with Gasteiger partial charge in [0, 0.05) is 13.1 Å².